The Hall–Kier alpha value is -2.14. The van der Waals surface area contributed by atoms with Gasteiger partial charge in [0, 0.05) is 19.5 Å². The van der Waals surface area contributed by atoms with Crippen molar-refractivity contribution in [3.63, 3.8) is 0 Å². The van der Waals surface area contributed by atoms with E-state index in [2.05, 4.69) is 4.74 Å². The summed E-state index contributed by atoms with van der Waals surface area (Å²) in [4.78, 5) is 18.8. The van der Waals surface area contributed by atoms with Gasteiger partial charge in [0.2, 0.25) is 0 Å². The summed E-state index contributed by atoms with van der Waals surface area (Å²) < 4.78 is 73.8. The maximum atomic E-state index is 14.2. The van der Waals surface area contributed by atoms with Gasteiger partial charge in [0.05, 0.1) is 19.2 Å². The molecule has 2 aliphatic rings. The molecule has 2 heterocycles. The number of likely N-dealkylation sites (tertiary alicyclic amines) is 1. The van der Waals surface area contributed by atoms with Crippen LogP contribution in [0, 0.1) is 0 Å². The number of hydroxylamine groups is 2. The fourth-order valence-electron chi connectivity index (χ4n) is 3.36. The molecule has 11 heteroatoms. The van der Waals surface area contributed by atoms with Crippen LogP contribution in [0.15, 0.2) is 24.3 Å². The Kier molecular flexibility index (Phi) is 6.47. The van der Waals surface area contributed by atoms with E-state index < -0.39 is 43.1 Å². The van der Waals surface area contributed by atoms with Crippen LogP contribution in [-0.2, 0) is 4.84 Å². The molecule has 0 bridgehead atoms. The smallest absolute Gasteiger partial charge is 0.410 e. The topological polar surface area (TPSA) is 51.2 Å². The number of hydrogen-bond acceptors (Lipinski definition) is 5. The van der Waals surface area contributed by atoms with Gasteiger partial charge in [-0.1, -0.05) is 0 Å². The Balaban J connectivity index is 1.63. The molecule has 6 nitrogen and oxygen atoms in total. The Morgan fingerprint density at radius 1 is 1.10 bits per heavy atom. The van der Waals surface area contributed by atoms with Gasteiger partial charge in [0.15, 0.2) is 0 Å². The van der Waals surface area contributed by atoms with Gasteiger partial charge in [0.1, 0.15) is 11.5 Å². The van der Waals surface area contributed by atoms with Crippen LogP contribution in [0.4, 0.5) is 26.7 Å². The van der Waals surface area contributed by atoms with Gasteiger partial charge in [-0.3, -0.25) is 4.84 Å². The van der Waals surface area contributed by atoms with E-state index >= 15 is 0 Å². The molecule has 3 rings (SSSR count). The first-order valence-electron chi connectivity index (χ1n) is 9.21. The highest BCUT2D eigenvalue weighted by molar-refractivity contribution is 5.71. The zero-order valence-corrected chi connectivity index (χ0v) is 15.5. The summed E-state index contributed by atoms with van der Waals surface area (Å²) in [6, 6.07) is 3.45. The molecule has 1 aromatic rings. The highest BCUT2D eigenvalue weighted by atomic mass is 19.4. The summed E-state index contributed by atoms with van der Waals surface area (Å²) in [7, 11) is 0. The minimum absolute atomic E-state index is 0.00366. The standard InChI is InChI=1S/C18H21F5N2O4/c19-17(20)10-13(25-8-2-1-3-9-27-25)11-24(12-17)16(26)28-14-4-6-15(7-5-14)29-18(21,22)23/h4-7,13H,1-3,8-12H2/t13-/m1/s1. The molecule has 1 atom stereocenters. The number of piperidine rings is 1. The number of ether oxygens (including phenoxy) is 2. The summed E-state index contributed by atoms with van der Waals surface area (Å²) in [6.07, 6.45) is -3.67. The lowest BCUT2D eigenvalue weighted by Gasteiger charge is -2.40. The fourth-order valence-corrected chi connectivity index (χ4v) is 3.36. The average molecular weight is 424 g/mol. The minimum atomic E-state index is -4.85. The first kappa shape index (κ1) is 21.6. The van der Waals surface area contributed by atoms with E-state index in [-0.39, 0.29) is 12.3 Å². The van der Waals surface area contributed by atoms with Gasteiger partial charge in [-0.25, -0.2) is 13.6 Å². The third kappa shape index (κ3) is 6.43. The van der Waals surface area contributed by atoms with Crippen molar-refractivity contribution < 1.29 is 41.1 Å². The second kappa shape index (κ2) is 8.70. The quantitative estimate of drug-likeness (QED) is 0.681. The van der Waals surface area contributed by atoms with E-state index in [1.165, 1.54) is 5.06 Å². The van der Waals surface area contributed by atoms with E-state index in [9.17, 15) is 26.7 Å². The lowest BCUT2D eigenvalue weighted by molar-refractivity contribution is -0.274. The second-order valence-corrected chi connectivity index (χ2v) is 7.02. The molecule has 2 fully saturated rings. The molecule has 0 unspecified atom stereocenters. The van der Waals surface area contributed by atoms with E-state index in [0.29, 0.717) is 13.2 Å². The van der Waals surface area contributed by atoms with Gasteiger partial charge in [0.25, 0.3) is 5.92 Å². The minimum Gasteiger partial charge on any atom is -0.410 e. The number of carbonyl (C=O) groups is 1. The van der Waals surface area contributed by atoms with Crippen molar-refractivity contribution in [1.82, 2.24) is 9.96 Å². The summed E-state index contributed by atoms with van der Waals surface area (Å²) in [5.41, 5.74) is 0. The normalized spacial score (nSPS) is 23.3. The number of carbonyl (C=O) groups excluding carboxylic acids is 1. The zero-order chi connectivity index (χ0) is 21.1. The van der Waals surface area contributed by atoms with Gasteiger partial charge in [-0.05, 0) is 43.5 Å². The summed E-state index contributed by atoms with van der Waals surface area (Å²) in [5, 5.41) is 1.52. The fraction of sp³-hybridized carbons (Fsp3) is 0.611. The van der Waals surface area contributed by atoms with Gasteiger partial charge in [-0.2, -0.15) is 5.06 Å². The molecule has 162 valence electrons. The van der Waals surface area contributed by atoms with Crippen LogP contribution < -0.4 is 9.47 Å². The Bertz CT molecular complexity index is 690. The largest absolute Gasteiger partial charge is 0.573 e. The molecule has 0 spiro atoms. The monoisotopic (exact) mass is 424 g/mol. The first-order chi connectivity index (χ1) is 13.6. The molecule has 0 saturated carbocycles. The molecule has 1 aromatic carbocycles. The van der Waals surface area contributed by atoms with Crippen molar-refractivity contribution in [2.75, 3.05) is 26.2 Å². The summed E-state index contributed by atoms with van der Waals surface area (Å²) in [6.45, 7) is 0.151. The highest BCUT2D eigenvalue weighted by Crippen LogP contribution is 2.31. The molecular formula is C18H21F5N2O4. The number of halogens is 5. The van der Waals surface area contributed by atoms with Gasteiger partial charge < -0.3 is 14.4 Å². The zero-order valence-electron chi connectivity index (χ0n) is 15.5. The SMILES string of the molecule is O=C(Oc1ccc(OC(F)(F)F)cc1)N1C[C@H](N2CCCCCO2)CC(F)(F)C1. The van der Waals surface area contributed by atoms with E-state index in [1.807, 2.05) is 0 Å². The van der Waals surface area contributed by atoms with Crippen LogP contribution in [0.2, 0.25) is 0 Å². The average Bonchev–Trinajstić information content (AvgIpc) is 2.90. The molecule has 2 saturated heterocycles. The number of rotatable bonds is 3. The second-order valence-electron chi connectivity index (χ2n) is 7.02. The van der Waals surface area contributed by atoms with Crippen LogP contribution in [0.5, 0.6) is 11.5 Å². The highest BCUT2D eigenvalue weighted by Gasteiger charge is 2.45. The number of benzene rings is 1. The number of nitrogens with zero attached hydrogens (tertiary/aromatic N) is 2. The summed E-state index contributed by atoms with van der Waals surface area (Å²) >= 11 is 0. The Morgan fingerprint density at radius 3 is 2.48 bits per heavy atom. The van der Waals surface area contributed by atoms with Crippen molar-refractivity contribution in [1.29, 1.82) is 0 Å². The molecular weight excluding hydrogens is 403 g/mol. The van der Waals surface area contributed by atoms with Crippen LogP contribution in [0.1, 0.15) is 25.7 Å². The molecule has 0 N–H and O–H groups in total. The van der Waals surface area contributed by atoms with Crippen molar-refractivity contribution >= 4 is 6.09 Å². The maximum absolute atomic E-state index is 14.2. The van der Waals surface area contributed by atoms with Crippen molar-refractivity contribution in [3.8, 4) is 11.5 Å². The molecule has 0 aliphatic carbocycles. The molecule has 0 aromatic heterocycles. The van der Waals surface area contributed by atoms with Gasteiger partial charge >= 0.3 is 12.5 Å². The van der Waals surface area contributed by atoms with Crippen molar-refractivity contribution in [3.05, 3.63) is 24.3 Å². The molecule has 1 amide bonds. The van der Waals surface area contributed by atoms with E-state index in [0.717, 1.165) is 48.4 Å². The van der Waals surface area contributed by atoms with Crippen LogP contribution in [0.25, 0.3) is 0 Å². The van der Waals surface area contributed by atoms with Crippen LogP contribution in [-0.4, -0.2) is 60.6 Å². The Morgan fingerprint density at radius 2 is 1.79 bits per heavy atom. The maximum Gasteiger partial charge on any atom is 0.573 e. The van der Waals surface area contributed by atoms with Crippen LogP contribution in [0.3, 0.4) is 0 Å². The Labute approximate surface area is 164 Å². The molecule has 0 radical (unpaired) electrons. The van der Waals surface area contributed by atoms with Crippen molar-refractivity contribution in [2.45, 2.75) is 44.0 Å². The van der Waals surface area contributed by atoms with Crippen LogP contribution >= 0.6 is 0 Å². The first-order valence-corrected chi connectivity index (χ1v) is 9.21. The predicted octanol–water partition coefficient (Wildman–Crippen LogP) is 4.21. The third-order valence-corrected chi connectivity index (χ3v) is 4.60. The third-order valence-electron chi connectivity index (χ3n) is 4.60. The molecule has 29 heavy (non-hydrogen) atoms. The lowest BCUT2D eigenvalue weighted by Crippen LogP contribution is -2.57. The molecule has 2 aliphatic heterocycles. The predicted molar refractivity (Wildman–Crippen MR) is 90.6 cm³/mol. The summed E-state index contributed by atoms with van der Waals surface area (Å²) in [5.74, 6) is -3.68. The van der Waals surface area contributed by atoms with Crippen molar-refractivity contribution in [2.24, 2.45) is 0 Å². The van der Waals surface area contributed by atoms with Gasteiger partial charge in [-0.15, -0.1) is 13.2 Å². The number of hydrogen-bond donors (Lipinski definition) is 0. The number of alkyl halides is 5. The lowest BCUT2D eigenvalue weighted by atomic mass is 10.0. The van der Waals surface area contributed by atoms with E-state index in [4.69, 9.17) is 9.57 Å². The van der Waals surface area contributed by atoms with E-state index in [1.54, 1.807) is 0 Å². The number of amides is 1.